The molecule has 1 aliphatic carbocycles. The van der Waals surface area contributed by atoms with E-state index in [4.69, 9.17) is 0 Å². The van der Waals surface area contributed by atoms with E-state index in [0.29, 0.717) is 32.1 Å². The number of sulfonamides is 1. The second-order valence-corrected chi connectivity index (χ2v) is 7.52. The number of amides is 1. The van der Waals surface area contributed by atoms with Crippen LogP contribution in [0.15, 0.2) is 0 Å². The van der Waals surface area contributed by atoms with Crippen molar-refractivity contribution in [3.05, 3.63) is 0 Å². The highest BCUT2D eigenvalue weighted by Gasteiger charge is 2.24. The van der Waals surface area contributed by atoms with Crippen LogP contribution in [0.5, 0.6) is 0 Å². The molecule has 1 saturated heterocycles. The van der Waals surface area contributed by atoms with Crippen LogP contribution in [0.1, 0.15) is 19.3 Å². The monoisotopic (exact) mass is 289 g/mol. The van der Waals surface area contributed by atoms with Gasteiger partial charge in [0.05, 0.1) is 12.8 Å². The first kappa shape index (κ1) is 14.7. The molecule has 1 aliphatic heterocycles. The molecular weight excluding hydrogens is 266 g/mol. The lowest BCUT2D eigenvalue weighted by atomic mass is 10.3. The number of nitrogens with one attached hydrogen (secondary N) is 1. The number of hydrogen-bond acceptors (Lipinski definition) is 4. The number of rotatable bonds is 5. The lowest BCUT2D eigenvalue weighted by Gasteiger charge is -2.20. The van der Waals surface area contributed by atoms with E-state index in [9.17, 15) is 13.2 Å². The lowest BCUT2D eigenvalue weighted by Crippen LogP contribution is -2.40. The van der Waals surface area contributed by atoms with Gasteiger partial charge in [0.15, 0.2) is 0 Å². The van der Waals surface area contributed by atoms with Crippen molar-refractivity contribution in [2.45, 2.75) is 19.3 Å². The fourth-order valence-electron chi connectivity index (χ4n) is 2.28. The molecule has 1 N–H and O–H groups in total. The molecule has 6 nitrogen and oxygen atoms in total. The first-order valence-corrected chi connectivity index (χ1v) is 8.74. The number of carbonyl (C=O) groups is 1. The summed E-state index contributed by atoms with van der Waals surface area (Å²) in [4.78, 5) is 13.8. The van der Waals surface area contributed by atoms with Gasteiger partial charge in [0, 0.05) is 26.2 Å². The van der Waals surface area contributed by atoms with E-state index >= 15 is 0 Å². The highest BCUT2D eigenvalue weighted by Crippen LogP contribution is 2.27. The molecule has 0 aromatic heterocycles. The molecule has 0 aromatic carbocycles. The maximum atomic E-state index is 11.7. The summed E-state index contributed by atoms with van der Waals surface area (Å²) in [5, 5.41) is 2.94. The van der Waals surface area contributed by atoms with Crippen molar-refractivity contribution in [3.8, 4) is 0 Å². The Balaban J connectivity index is 1.73. The zero-order chi connectivity index (χ0) is 13.9. The number of carbonyl (C=O) groups excluding carboxylic acids is 1. The molecule has 0 aromatic rings. The molecule has 2 fully saturated rings. The van der Waals surface area contributed by atoms with Crippen LogP contribution in [0.3, 0.4) is 0 Å². The van der Waals surface area contributed by atoms with Gasteiger partial charge in [0.25, 0.3) is 0 Å². The first-order chi connectivity index (χ1) is 8.95. The molecule has 0 bridgehead atoms. The molecule has 1 amide bonds. The van der Waals surface area contributed by atoms with Crippen LogP contribution >= 0.6 is 0 Å². The molecule has 0 spiro atoms. The minimum Gasteiger partial charge on any atom is -0.355 e. The third kappa shape index (κ3) is 5.08. The Labute approximate surface area is 115 Å². The second-order valence-electron chi connectivity index (χ2n) is 5.54. The minimum absolute atomic E-state index is 0.0553. The summed E-state index contributed by atoms with van der Waals surface area (Å²) in [6, 6.07) is 0. The maximum Gasteiger partial charge on any atom is 0.234 e. The molecule has 110 valence electrons. The predicted molar refractivity (Wildman–Crippen MR) is 73.2 cm³/mol. The largest absolute Gasteiger partial charge is 0.355 e. The van der Waals surface area contributed by atoms with Crippen molar-refractivity contribution in [3.63, 3.8) is 0 Å². The summed E-state index contributed by atoms with van der Waals surface area (Å²) in [5.41, 5.74) is 0. The zero-order valence-electron chi connectivity index (χ0n) is 11.5. The summed E-state index contributed by atoms with van der Waals surface area (Å²) in [5.74, 6) is 0.744. The first-order valence-electron chi connectivity index (χ1n) is 6.89. The highest BCUT2D eigenvalue weighted by molar-refractivity contribution is 7.88. The summed E-state index contributed by atoms with van der Waals surface area (Å²) in [6.45, 7) is 3.62. The Kier molecular flexibility index (Phi) is 4.81. The van der Waals surface area contributed by atoms with Crippen LogP contribution in [0.4, 0.5) is 0 Å². The van der Waals surface area contributed by atoms with Gasteiger partial charge in [-0.15, -0.1) is 0 Å². The van der Waals surface area contributed by atoms with E-state index in [-0.39, 0.29) is 5.91 Å². The molecule has 2 rings (SSSR count). The number of hydrogen-bond donors (Lipinski definition) is 1. The van der Waals surface area contributed by atoms with Crippen molar-refractivity contribution in [2.24, 2.45) is 5.92 Å². The Hall–Kier alpha value is -0.660. The molecular formula is C12H23N3O3S. The Morgan fingerprint density at radius 2 is 1.95 bits per heavy atom. The van der Waals surface area contributed by atoms with Gasteiger partial charge >= 0.3 is 0 Å². The maximum absolute atomic E-state index is 11.7. The van der Waals surface area contributed by atoms with E-state index in [1.54, 1.807) is 0 Å². The van der Waals surface area contributed by atoms with Gasteiger partial charge in [-0.25, -0.2) is 12.7 Å². The van der Waals surface area contributed by atoms with Crippen molar-refractivity contribution < 1.29 is 13.2 Å². The second kappa shape index (κ2) is 6.19. The Morgan fingerprint density at radius 1 is 1.21 bits per heavy atom. The van der Waals surface area contributed by atoms with Gasteiger partial charge in [-0.05, 0) is 31.7 Å². The molecule has 0 radical (unpaired) electrons. The Bertz CT molecular complexity index is 420. The molecule has 0 atom stereocenters. The third-order valence-electron chi connectivity index (χ3n) is 3.67. The predicted octanol–water partition coefficient (Wildman–Crippen LogP) is -0.520. The lowest BCUT2D eigenvalue weighted by molar-refractivity contribution is -0.122. The van der Waals surface area contributed by atoms with Crippen LogP contribution in [0.25, 0.3) is 0 Å². The van der Waals surface area contributed by atoms with E-state index in [1.165, 1.54) is 23.4 Å². The van der Waals surface area contributed by atoms with Crippen molar-refractivity contribution >= 4 is 15.9 Å². The zero-order valence-corrected chi connectivity index (χ0v) is 12.3. The van der Waals surface area contributed by atoms with E-state index in [2.05, 4.69) is 5.32 Å². The van der Waals surface area contributed by atoms with Gasteiger partial charge in [0.2, 0.25) is 15.9 Å². The summed E-state index contributed by atoms with van der Waals surface area (Å²) >= 11 is 0. The summed E-state index contributed by atoms with van der Waals surface area (Å²) in [6.07, 6.45) is 4.48. The van der Waals surface area contributed by atoms with Crippen LogP contribution < -0.4 is 5.32 Å². The van der Waals surface area contributed by atoms with Gasteiger partial charge in [0.1, 0.15) is 0 Å². The molecule has 0 unspecified atom stereocenters. The average molecular weight is 289 g/mol. The molecule has 1 saturated carbocycles. The average Bonchev–Trinajstić information content (AvgIpc) is 3.12. The highest BCUT2D eigenvalue weighted by atomic mass is 32.2. The van der Waals surface area contributed by atoms with Crippen molar-refractivity contribution in [1.29, 1.82) is 0 Å². The van der Waals surface area contributed by atoms with E-state index in [0.717, 1.165) is 19.5 Å². The number of nitrogens with zero attached hydrogens (tertiary/aromatic N) is 2. The van der Waals surface area contributed by atoms with Gasteiger partial charge in [-0.3, -0.25) is 9.69 Å². The Morgan fingerprint density at radius 3 is 2.58 bits per heavy atom. The molecule has 2 aliphatic rings. The van der Waals surface area contributed by atoms with Crippen LogP contribution in [-0.2, 0) is 14.8 Å². The standard InChI is InChI=1S/C12H23N3O3S/c1-19(17,18)15-6-2-5-14(7-8-15)10-12(16)13-9-11-3-4-11/h11H,2-10H2,1H3,(H,13,16). The quantitative estimate of drug-likeness (QED) is 0.739. The van der Waals surface area contributed by atoms with E-state index in [1.807, 2.05) is 4.90 Å². The van der Waals surface area contributed by atoms with Crippen molar-refractivity contribution in [2.75, 3.05) is 45.5 Å². The smallest absolute Gasteiger partial charge is 0.234 e. The fourth-order valence-corrected chi connectivity index (χ4v) is 3.15. The minimum atomic E-state index is -3.11. The van der Waals surface area contributed by atoms with Crippen LogP contribution in [0, 0.1) is 5.92 Å². The van der Waals surface area contributed by atoms with Crippen LogP contribution in [0.2, 0.25) is 0 Å². The summed E-state index contributed by atoms with van der Waals surface area (Å²) in [7, 11) is -3.11. The third-order valence-corrected chi connectivity index (χ3v) is 4.97. The van der Waals surface area contributed by atoms with Crippen molar-refractivity contribution in [1.82, 2.24) is 14.5 Å². The summed E-state index contributed by atoms with van der Waals surface area (Å²) < 4.78 is 24.5. The SMILES string of the molecule is CS(=O)(=O)N1CCCN(CC(=O)NCC2CC2)CC1. The van der Waals surface area contributed by atoms with Gasteiger partial charge in [-0.1, -0.05) is 0 Å². The normalized spacial score (nSPS) is 23.0. The van der Waals surface area contributed by atoms with Gasteiger partial charge in [-0.2, -0.15) is 0 Å². The van der Waals surface area contributed by atoms with E-state index < -0.39 is 10.0 Å². The molecule has 7 heteroatoms. The fraction of sp³-hybridized carbons (Fsp3) is 0.917. The molecule has 19 heavy (non-hydrogen) atoms. The van der Waals surface area contributed by atoms with Gasteiger partial charge < -0.3 is 5.32 Å². The molecule has 1 heterocycles. The van der Waals surface area contributed by atoms with Crippen LogP contribution in [-0.4, -0.2) is 69.1 Å². The topological polar surface area (TPSA) is 69.7 Å².